The van der Waals surface area contributed by atoms with Gasteiger partial charge in [0.1, 0.15) is 5.69 Å². The van der Waals surface area contributed by atoms with Gasteiger partial charge in [-0.25, -0.2) is 4.98 Å². The molecule has 0 unspecified atom stereocenters. The Hall–Kier alpha value is -2.44. The maximum atomic E-state index is 11.8. The number of aryl methyl sites for hydroxylation is 1. The number of imidazole rings is 1. The van der Waals surface area contributed by atoms with Crippen molar-refractivity contribution in [1.82, 2.24) is 19.9 Å². The fourth-order valence-corrected chi connectivity index (χ4v) is 1.63. The van der Waals surface area contributed by atoms with E-state index < -0.39 is 0 Å². The highest BCUT2D eigenvalue weighted by atomic mass is 16.1. The van der Waals surface area contributed by atoms with E-state index >= 15 is 0 Å². The van der Waals surface area contributed by atoms with Crippen LogP contribution in [0.25, 0.3) is 0 Å². The van der Waals surface area contributed by atoms with Crippen LogP contribution in [-0.2, 0) is 7.05 Å². The normalized spacial score (nSPS) is 10.3. The van der Waals surface area contributed by atoms with E-state index in [1.807, 2.05) is 0 Å². The summed E-state index contributed by atoms with van der Waals surface area (Å²) in [5.74, 6) is 0.544. The number of nitrogens with one attached hydrogen (secondary N) is 3. The summed E-state index contributed by atoms with van der Waals surface area (Å²) < 4.78 is 1.70. The largest absolute Gasteiger partial charge is 0.397 e. The van der Waals surface area contributed by atoms with Crippen LogP contribution in [0.3, 0.4) is 0 Å². The number of nitrogens with zero attached hydrogens (tertiary/aromatic N) is 2. The highest BCUT2D eigenvalue weighted by Gasteiger charge is 2.09. The van der Waals surface area contributed by atoms with E-state index in [2.05, 4.69) is 20.6 Å². The fourth-order valence-electron chi connectivity index (χ4n) is 1.63. The minimum atomic E-state index is -0.143. The summed E-state index contributed by atoms with van der Waals surface area (Å²) in [6.45, 7) is 1.10. The molecule has 2 aromatic rings. The SMILES string of the molecule is Cn1cc(N)cc1C(=O)NCCNc1ncc[nH]1. The minimum absolute atomic E-state index is 0.143. The Morgan fingerprint density at radius 3 is 3.00 bits per heavy atom. The molecule has 0 aromatic carbocycles. The number of H-pyrrole nitrogens is 1. The molecular weight excluding hydrogens is 232 g/mol. The average molecular weight is 248 g/mol. The number of aromatic nitrogens is 3. The van der Waals surface area contributed by atoms with E-state index in [1.165, 1.54) is 0 Å². The fraction of sp³-hybridized carbons (Fsp3) is 0.273. The second-order valence-corrected chi connectivity index (χ2v) is 3.89. The lowest BCUT2D eigenvalue weighted by Gasteiger charge is -2.06. The molecule has 0 atom stereocenters. The van der Waals surface area contributed by atoms with Gasteiger partial charge >= 0.3 is 0 Å². The molecule has 0 saturated carbocycles. The molecule has 96 valence electrons. The molecule has 2 aromatic heterocycles. The zero-order chi connectivity index (χ0) is 13.0. The zero-order valence-electron chi connectivity index (χ0n) is 10.1. The van der Waals surface area contributed by atoms with Crippen molar-refractivity contribution in [3.63, 3.8) is 0 Å². The van der Waals surface area contributed by atoms with Gasteiger partial charge in [0.2, 0.25) is 0 Å². The Bertz CT molecular complexity index is 516. The van der Waals surface area contributed by atoms with Gasteiger partial charge in [-0.2, -0.15) is 0 Å². The van der Waals surface area contributed by atoms with Crippen LogP contribution in [0.2, 0.25) is 0 Å². The number of carbonyl (C=O) groups is 1. The number of rotatable bonds is 5. The summed E-state index contributed by atoms with van der Waals surface area (Å²) >= 11 is 0. The second kappa shape index (κ2) is 5.26. The maximum Gasteiger partial charge on any atom is 0.268 e. The van der Waals surface area contributed by atoms with Crippen molar-refractivity contribution in [2.45, 2.75) is 0 Å². The van der Waals surface area contributed by atoms with E-state index in [4.69, 9.17) is 5.73 Å². The van der Waals surface area contributed by atoms with Crippen molar-refractivity contribution >= 4 is 17.5 Å². The first-order valence-electron chi connectivity index (χ1n) is 5.60. The molecule has 5 N–H and O–H groups in total. The number of nitrogen functional groups attached to an aromatic ring is 1. The van der Waals surface area contributed by atoms with Crippen molar-refractivity contribution in [3.8, 4) is 0 Å². The van der Waals surface area contributed by atoms with Crippen molar-refractivity contribution in [1.29, 1.82) is 0 Å². The Balaban J connectivity index is 1.77. The van der Waals surface area contributed by atoms with Crippen LogP contribution in [0.4, 0.5) is 11.6 Å². The van der Waals surface area contributed by atoms with Crippen LogP contribution in [0.1, 0.15) is 10.5 Å². The lowest BCUT2D eigenvalue weighted by molar-refractivity contribution is 0.0947. The molecule has 18 heavy (non-hydrogen) atoms. The maximum absolute atomic E-state index is 11.8. The molecule has 0 spiro atoms. The number of anilines is 2. The van der Waals surface area contributed by atoms with Gasteiger partial charge in [0, 0.05) is 38.7 Å². The highest BCUT2D eigenvalue weighted by molar-refractivity contribution is 5.93. The predicted octanol–water partition coefficient (Wildman–Crippen LogP) is 0.172. The van der Waals surface area contributed by atoms with Gasteiger partial charge in [-0.15, -0.1) is 0 Å². The van der Waals surface area contributed by atoms with Gasteiger partial charge in [0.05, 0.1) is 5.69 Å². The first kappa shape index (κ1) is 12.0. The Morgan fingerprint density at radius 2 is 2.39 bits per heavy atom. The summed E-state index contributed by atoms with van der Waals surface area (Å²) in [5, 5.41) is 5.83. The molecule has 0 fully saturated rings. The third-order valence-corrected chi connectivity index (χ3v) is 2.46. The van der Waals surface area contributed by atoms with Crippen molar-refractivity contribution in [3.05, 3.63) is 30.4 Å². The number of nitrogens with two attached hydrogens (primary N) is 1. The molecule has 0 radical (unpaired) electrons. The van der Waals surface area contributed by atoms with Crippen LogP contribution >= 0.6 is 0 Å². The van der Waals surface area contributed by atoms with Crippen LogP contribution in [0, 0.1) is 0 Å². The molecule has 0 aliphatic heterocycles. The Morgan fingerprint density at radius 1 is 1.56 bits per heavy atom. The molecule has 0 aliphatic rings. The summed E-state index contributed by atoms with van der Waals surface area (Å²) in [6, 6.07) is 1.65. The first-order valence-corrected chi connectivity index (χ1v) is 5.60. The Kier molecular flexibility index (Phi) is 3.52. The summed E-state index contributed by atoms with van der Waals surface area (Å²) in [7, 11) is 1.78. The molecule has 0 aliphatic carbocycles. The number of hydrogen-bond donors (Lipinski definition) is 4. The van der Waals surface area contributed by atoms with Crippen LogP contribution in [0.15, 0.2) is 24.7 Å². The van der Waals surface area contributed by atoms with E-state index in [1.54, 1.807) is 36.3 Å². The van der Waals surface area contributed by atoms with Crippen LogP contribution < -0.4 is 16.4 Å². The van der Waals surface area contributed by atoms with Gasteiger partial charge in [-0.05, 0) is 6.07 Å². The number of carbonyl (C=O) groups excluding carboxylic acids is 1. The molecular formula is C11H16N6O. The molecule has 7 heteroatoms. The van der Waals surface area contributed by atoms with Gasteiger partial charge in [0.25, 0.3) is 5.91 Å². The van der Waals surface area contributed by atoms with E-state index in [-0.39, 0.29) is 5.91 Å². The molecule has 0 bridgehead atoms. The van der Waals surface area contributed by atoms with Gasteiger partial charge in [-0.3, -0.25) is 4.79 Å². The van der Waals surface area contributed by atoms with Crippen molar-refractivity contribution in [2.75, 3.05) is 24.1 Å². The average Bonchev–Trinajstić information content (AvgIpc) is 2.94. The van der Waals surface area contributed by atoms with Crippen molar-refractivity contribution < 1.29 is 4.79 Å². The third kappa shape index (κ3) is 2.82. The van der Waals surface area contributed by atoms with Gasteiger partial charge < -0.3 is 25.9 Å². The summed E-state index contributed by atoms with van der Waals surface area (Å²) in [4.78, 5) is 18.7. The molecule has 0 saturated heterocycles. The predicted molar refractivity (Wildman–Crippen MR) is 69.2 cm³/mol. The third-order valence-electron chi connectivity index (χ3n) is 2.46. The molecule has 2 rings (SSSR count). The Labute approximate surface area is 104 Å². The molecule has 2 heterocycles. The van der Waals surface area contributed by atoms with Gasteiger partial charge in [-0.1, -0.05) is 0 Å². The minimum Gasteiger partial charge on any atom is -0.397 e. The monoisotopic (exact) mass is 248 g/mol. The highest BCUT2D eigenvalue weighted by Crippen LogP contribution is 2.07. The zero-order valence-corrected chi connectivity index (χ0v) is 10.1. The second-order valence-electron chi connectivity index (χ2n) is 3.89. The van der Waals surface area contributed by atoms with E-state index in [0.717, 1.165) is 0 Å². The van der Waals surface area contributed by atoms with Gasteiger partial charge in [0.15, 0.2) is 5.95 Å². The molecule has 1 amide bonds. The standard InChI is InChI=1S/C11H16N6O/c1-17-7-8(12)6-9(17)10(18)13-2-3-14-11-15-4-5-16-11/h4-7H,2-3,12H2,1H3,(H,13,18)(H2,14,15,16). The topological polar surface area (TPSA) is 101 Å². The van der Waals surface area contributed by atoms with E-state index in [0.29, 0.717) is 30.4 Å². The summed E-state index contributed by atoms with van der Waals surface area (Å²) in [6.07, 6.45) is 5.09. The smallest absolute Gasteiger partial charge is 0.268 e. The number of amides is 1. The summed E-state index contributed by atoms with van der Waals surface area (Å²) in [5.41, 5.74) is 6.74. The first-order chi connectivity index (χ1) is 8.66. The van der Waals surface area contributed by atoms with Crippen LogP contribution in [0.5, 0.6) is 0 Å². The lowest BCUT2D eigenvalue weighted by atomic mass is 10.4. The molecule has 7 nitrogen and oxygen atoms in total. The van der Waals surface area contributed by atoms with E-state index in [9.17, 15) is 4.79 Å². The quantitative estimate of drug-likeness (QED) is 0.567. The number of hydrogen-bond acceptors (Lipinski definition) is 4. The lowest BCUT2D eigenvalue weighted by Crippen LogP contribution is -2.30. The number of aromatic amines is 1. The van der Waals surface area contributed by atoms with Crippen LogP contribution in [-0.4, -0.2) is 33.5 Å². The van der Waals surface area contributed by atoms with Crippen molar-refractivity contribution in [2.24, 2.45) is 7.05 Å².